The molecule has 6 heteroatoms. The average Bonchev–Trinajstić information content (AvgIpc) is 2.87. The number of benzene rings is 1. The summed E-state index contributed by atoms with van der Waals surface area (Å²) in [6.07, 6.45) is 0. The lowest BCUT2D eigenvalue weighted by atomic mass is 10.2. The van der Waals surface area contributed by atoms with E-state index in [2.05, 4.69) is 0 Å². The quantitative estimate of drug-likeness (QED) is 0.714. The van der Waals surface area contributed by atoms with Crippen LogP contribution in [0.4, 0.5) is 14.9 Å². The van der Waals surface area contributed by atoms with Gasteiger partial charge in [0.2, 0.25) is 0 Å². The Morgan fingerprint density at radius 1 is 1.24 bits per heavy atom. The van der Waals surface area contributed by atoms with E-state index < -0.39 is 0 Å². The molecular weight excluding hydrogens is 243 g/mol. The van der Waals surface area contributed by atoms with Gasteiger partial charge < -0.3 is 4.90 Å². The first kappa shape index (κ1) is 10.6. The molecule has 88 valence electrons. The standard InChI is InChI=1S/C11H9FN2O2S/c12-7-1-3-8(4-2-7)14-10(15)9-5-17-6-13(9)11(14)16/h1-4,9H,5-6H2/t9-/m0/s1. The van der Waals surface area contributed by atoms with E-state index in [9.17, 15) is 14.0 Å². The highest BCUT2D eigenvalue weighted by Crippen LogP contribution is 2.32. The lowest BCUT2D eigenvalue weighted by Crippen LogP contribution is -2.32. The van der Waals surface area contributed by atoms with E-state index in [4.69, 9.17) is 0 Å². The molecule has 2 heterocycles. The second kappa shape index (κ2) is 3.73. The number of halogens is 1. The highest BCUT2D eigenvalue weighted by Gasteiger charge is 2.48. The SMILES string of the molecule is O=C1[C@@H]2CSCN2C(=O)N1c1ccc(F)cc1. The zero-order chi connectivity index (χ0) is 12.0. The summed E-state index contributed by atoms with van der Waals surface area (Å²) < 4.78 is 12.8. The fraction of sp³-hybridized carbons (Fsp3) is 0.273. The van der Waals surface area contributed by atoms with Crippen LogP contribution in [0, 0.1) is 5.82 Å². The van der Waals surface area contributed by atoms with Gasteiger partial charge in [0.1, 0.15) is 11.9 Å². The molecule has 3 amide bonds. The number of amides is 3. The van der Waals surface area contributed by atoms with Crippen LogP contribution in [-0.4, -0.2) is 34.5 Å². The van der Waals surface area contributed by atoms with E-state index in [1.165, 1.54) is 24.3 Å². The van der Waals surface area contributed by atoms with Gasteiger partial charge in [-0.05, 0) is 24.3 Å². The molecule has 2 saturated heterocycles. The van der Waals surface area contributed by atoms with Gasteiger partial charge in [-0.1, -0.05) is 0 Å². The van der Waals surface area contributed by atoms with Crippen molar-refractivity contribution in [1.29, 1.82) is 0 Å². The maximum absolute atomic E-state index is 12.8. The largest absolute Gasteiger partial charge is 0.332 e. The molecule has 4 nitrogen and oxygen atoms in total. The highest BCUT2D eigenvalue weighted by molar-refractivity contribution is 7.99. The molecule has 0 saturated carbocycles. The number of hydrogen-bond acceptors (Lipinski definition) is 3. The molecule has 3 rings (SSSR count). The van der Waals surface area contributed by atoms with Gasteiger partial charge in [0, 0.05) is 5.75 Å². The minimum atomic E-state index is -0.385. The molecule has 2 fully saturated rings. The van der Waals surface area contributed by atoms with Crippen LogP contribution < -0.4 is 4.90 Å². The number of hydrogen-bond donors (Lipinski definition) is 0. The summed E-state index contributed by atoms with van der Waals surface area (Å²) in [5.41, 5.74) is 0.431. The van der Waals surface area contributed by atoms with Crippen molar-refractivity contribution < 1.29 is 14.0 Å². The lowest BCUT2D eigenvalue weighted by molar-refractivity contribution is -0.118. The Morgan fingerprint density at radius 2 is 1.94 bits per heavy atom. The molecule has 2 aliphatic heterocycles. The normalized spacial score (nSPS) is 23.5. The lowest BCUT2D eigenvalue weighted by Gasteiger charge is -2.14. The van der Waals surface area contributed by atoms with E-state index in [-0.39, 0.29) is 23.8 Å². The third-order valence-electron chi connectivity index (χ3n) is 2.91. The Bertz CT molecular complexity index is 469. The van der Waals surface area contributed by atoms with Gasteiger partial charge in [0.15, 0.2) is 0 Å². The summed E-state index contributed by atoms with van der Waals surface area (Å²) in [5, 5.41) is 0. The Morgan fingerprint density at radius 3 is 2.59 bits per heavy atom. The Kier molecular flexibility index (Phi) is 2.32. The fourth-order valence-electron chi connectivity index (χ4n) is 2.04. The van der Waals surface area contributed by atoms with Gasteiger partial charge >= 0.3 is 6.03 Å². The third kappa shape index (κ3) is 1.51. The highest BCUT2D eigenvalue weighted by atomic mass is 32.2. The van der Waals surface area contributed by atoms with E-state index in [1.54, 1.807) is 16.7 Å². The van der Waals surface area contributed by atoms with E-state index in [0.717, 1.165) is 4.90 Å². The Hall–Kier alpha value is -1.56. The number of carbonyl (C=O) groups excluding carboxylic acids is 2. The summed E-state index contributed by atoms with van der Waals surface area (Å²) in [6.45, 7) is 0. The van der Waals surface area contributed by atoms with Crippen LogP contribution in [0.25, 0.3) is 0 Å². The number of urea groups is 1. The molecule has 1 atom stereocenters. The number of imide groups is 1. The van der Waals surface area contributed by atoms with Gasteiger partial charge in [-0.2, -0.15) is 0 Å². The second-order valence-electron chi connectivity index (χ2n) is 3.92. The van der Waals surface area contributed by atoms with Crippen LogP contribution in [0.15, 0.2) is 24.3 Å². The first-order valence-corrected chi connectivity index (χ1v) is 6.32. The van der Waals surface area contributed by atoms with Gasteiger partial charge in [-0.25, -0.2) is 14.1 Å². The maximum Gasteiger partial charge on any atom is 0.332 e. The van der Waals surface area contributed by atoms with Crippen molar-refractivity contribution in [2.24, 2.45) is 0 Å². The van der Waals surface area contributed by atoms with E-state index in [1.807, 2.05) is 0 Å². The van der Waals surface area contributed by atoms with E-state index in [0.29, 0.717) is 17.3 Å². The molecule has 0 aliphatic carbocycles. The number of fused-ring (bicyclic) bond motifs is 1. The fourth-order valence-corrected chi connectivity index (χ4v) is 3.17. The van der Waals surface area contributed by atoms with Crippen LogP contribution in [0.3, 0.4) is 0 Å². The monoisotopic (exact) mass is 252 g/mol. The van der Waals surface area contributed by atoms with Crippen molar-refractivity contribution in [3.8, 4) is 0 Å². The zero-order valence-corrected chi connectivity index (χ0v) is 9.61. The van der Waals surface area contributed by atoms with Gasteiger partial charge in [0.25, 0.3) is 5.91 Å². The summed E-state index contributed by atoms with van der Waals surface area (Å²) in [5.74, 6) is 0.588. The van der Waals surface area contributed by atoms with Crippen molar-refractivity contribution in [2.45, 2.75) is 6.04 Å². The van der Waals surface area contributed by atoms with Gasteiger partial charge in [-0.15, -0.1) is 11.8 Å². The van der Waals surface area contributed by atoms with Crippen LogP contribution in [0.1, 0.15) is 0 Å². The summed E-state index contributed by atoms with van der Waals surface area (Å²) in [6, 6.07) is 4.72. The molecule has 1 aromatic rings. The molecule has 0 bridgehead atoms. The topological polar surface area (TPSA) is 40.6 Å². The summed E-state index contributed by atoms with van der Waals surface area (Å²) in [7, 11) is 0. The van der Waals surface area contributed by atoms with Crippen LogP contribution in [0.2, 0.25) is 0 Å². The zero-order valence-electron chi connectivity index (χ0n) is 8.80. The number of carbonyl (C=O) groups is 2. The van der Waals surface area contributed by atoms with Crippen molar-refractivity contribution >= 4 is 29.4 Å². The first-order valence-electron chi connectivity index (χ1n) is 5.16. The minimum absolute atomic E-state index is 0.216. The van der Waals surface area contributed by atoms with Crippen molar-refractivity contribution in [3.05, 3.63) is 30.1 Å². The number of nitrogens with zero attached hydrogens (tertiary/aromatic N) is 2. The summed E-state index contributed by atoms with van der Waals surface area (Å²) in [4.78, 5) is 26.7. The molecule has 0 spiro atoms. The predicted octanol–water partition coefficient (Wildman–Crippen LogP) is 1.67. The number of thioether (sulfide) groups is 1. The second-order valence-corrected chi connectivity index (χ2v) is 4.92. The maximum atomic E-state index is 12.8. The Labute approximate surface area is 101 Å². The van der Waals surface area contributed by atoms with Crippen LogP contribution >= 0.6 is 11.8 Å². The van der Waals surface area contributed by atoms with E-state index >= 15 is 0 Å². The minimum Gasteiger partial charge on any atom is -0.302 e. The van der Waals surface area contributed by atoms with Crippen molar-refractivity contribution in [3.63, 3.8) is 0 Å². The third-order valence-corrected chi connectivity index (χ3v) is 3.92. The molecule has 17 heavy (non-hydrogen) atoms. The molecular formula is C11H9FN2O2S. The first-order chi connectivity index (χ1) is 8.18. The summed E-state index contributed by atoms with van der Waals surface area (Å²) >= 11 is 1.57. The van der Waals surface area contributed by atoms with Crippen molar-refractivity contribution in [2.75, 3.05) is 16.5 Å². The number of rotatable bonds is 1. The smallest absolute Gasteiger partial charge is 0.302 e. The van der Waals surface area contributed by atoms with Crippen LogP contribution in [0.5, 0.6) is 0 Å². The van der Waals surface area contributed by atoms with Gasteiger partial charge in [0.05, 0.1) is 11.6 Å². The Balaban J connectivity index is 1.96. The molecule has 1 aromatic carbocycles. The average molecular weight is 252 g/mol. The molecule has 2 aliphatic rings. The predicted molar refractivity (Wildman–Crippen MR) is 62.2 cm³/mol. The van der Waals surface area contributed by atoms with Crippen LogP contribution in [-0.2, 0) is 4.79 Å². The molecule has 0 unspecified atom stereocenters. The molecule has 0 aromatic heterocycles. The van der Waals surface area contributed by atoms with Gasteiger partial charge in [-0.3, -0.25) is 4.79 Å². The molecule has 0 N–H and O–H groups in total. The molecule has 0 radical (unpaired) electrons. The number of anilines is 1. The van der Waals surface area contributed by atoms with Crippen molar-refractivity contribution in [1.82, 2.24) is 4.90 Å².